The Balaban J connectivity index is 1.70. The fraction of sp³-hybridized carbons (Fsp3) is 0.364. The summed E-state index contributed by atoms with van der Waals surface area (Å²) < 4.78 is 32.9. The molecule has 0 aliphatic heterocycles. The molecule has 0 unspecified atom stereocenters. The summed E-state index contributed by atoms with van der Waals surface area (Å²) in [7, 11) is 0. The van der Waals surface area contributed by atoms with E-state index in [0.717, 1.165) is 0 Å². The molecule has 240 valence electrons. The van der Waals surface area contributed by atoms with Gasteiger partial charge in [-0.05, 0) is 57.2 Å². The van der Waals surface area contributed by atoms with Gasteiger partial charge >= 0.3 is 0 Å². The van der Waals surface area contributed by atoms with Gasteiger partial charge in [-0.1, -0.05) is 0 Å². The van der Waals surface area contributed by atoms with Crippen molar-refractivity contribution in [2.75, 3.05) is 59.5 Å². The summed E-state index contributed by atoms with van der Waals surface area (Å²) >= 11 is 0. The van der Waals surface area contributed by atoms with Gasteiger partial charge in [0.15, 0.2) is 17.5 Å². The zero-order valence-electron chi connectivity index (χ0n) is 25.7. The molecule has 0 radical (unpaired) electrons. The monoisotopic (exact) mass is 621 g/mol. The lowest BCUT2D eigenvalue weighted by Gasteiger charge is -2.13. The molecular weight excluding hydrogens is 582 g/mol. The Kier molecular flexibility index (Phi) is 12.6. The summed E-state index contributed by atoms with van der Waals surface area (Å²) in [6, 6.07) is 14.3. The van der Waals surface area contributed by atoms with Gasteiger partial charge in [0.25, 0.3) is 0 Å². The highest BCUT2D eigenvalue weighted by Crippen LogP contribution is 2.37. The molecule has 0 bridgehead atoms. The minimum atomic E-state index is -0.128. The van der Waals surface area contributed by atoms with Crippen LogP contribution in [0.15, 0.2) is 54.6 Å². The Morgan fingerprint density at radius 3 is 0.978 bits per heavy atom. The molecule has 0 aliphatic rings. The number of aromatic nitrogens is 3. The van der Waals surface area contributed by atoms with Crippen LogP contribution in [0.5, 0.6) is 34.5 Å². The van der Waals surface area contributed by atoms with E-state index in [1.165, 1.54) is 18.2 Å². The molecule has 3 N–H and O–H groups in total. The SMILES string of the molecule is CCOCCOc1ccc(-c2nc(-c3ccc(OCCOCC)cc3O)nc(-c3ccc(OCCOCC)cc3O)n2)c(O)c1. The number of aromatic hydroxyl groups is 3. The Morgan fingerprint density at radius 2 is 0.733 bits per heavy atom. The second-order valence-electron chi connectivity index (χ2n) is 9.48. The first-order valence-electron chi connectivity index (χ1n) is 14.8. The number of ether oxygens (including phenoxy) is 6. The number of rotatable bonds is 18. The van der Waals surface area contributed by atoms with Crippen molar-refractivity contribution in [3.05, 3.63) is 54.6 Å². The smallest absolute Gasteiger partial charge is 0.167 e. The Labute approximate surface area is 262 Å². The van der Waals surface area contributed by atoms with Crippen molar-refractivity contribution in [1.29, 1.82) is 0 Å². The molecular formula is C33H39N3O9. The average Bonchev–Trinajstić information content (AvgIpc) is 3.03. The number of nitrogens with zero attached hydrogens (tertiary/aromatic N) is 3. The molecule has 0 saturated heterocycles. The quantitative estimate of drug-likeness (QED) is 0.125. The largest absolute Gasteiger partial charge is 0.507 e. The maximum atomic E-state index is 10.9. The van der Waals surface area contributed by atoms with Crippen molar-refractivity contribution in [1.82, 2.24) is 15.0 Å². The first-order valence-corrected chi connectivity index (χ1v) is 14.8. The maximum absolute atomic E-state index is 10.9. The Hall–Kier alpha value is -4.65. The van der Waals surface area contributed by atoms with E-state index in [4.69, 9.17) is 28.4 Å². The van der Waals surface area contributed by atoms with Crippen LogP contribution >= 0.6 is 0 Å². The van der Waals surface area contributed by atoms with Crippen molar-refractivity contribution in [3.8, 4) is 68.7 Å². The molecule has 0 aliphatic carbocycles. The van der Waals surface area contributed by atoms with E-state index in [1.807, 2.05) is 20.8 Å². The van der Waals surface area contributed by atoms with Crippen molar-refractivity contribution in [3.63, 3.8) is 0 Å². The molecule has 0 amide bonds. The molecule has 4 aromatic rings. The highest BCUT2D eigenvalue weighted by Gasteiger charge is 2.19. The molecule has 3 aromatic carbocycles. The van der Waals surface area contributed by atoms with Crippen molar-refractivity contribution in [2.24, 2.45) is 0 Å². The highest BCUT2D eigenvalue weighted by atomic mass is 16.5. The zero-order valence-corrected chi connectivity index (χ0v) is 25.7. The molecule has 12 heteroatoms. The van der Waals surface area contributed by atoms with Crippen LogP contribution in [0, 0.1) is 0 Å². The van der Waals surface area contributed by atoms with E-state index in [9.17, 15) is 15.3 Å². The summed E-state index contributed by atoms with van der Waals surface area (Å²) in [5.74, 6) is 1.29. The van der Waals surface area contributed by atoms with Crippen LogP contribution in [-0.2, 0) is 14.2 Å². The molecule has 0 fully saturated rings. The van der Waals surface area contributed by atoms with E-state index >= 15 is 0 Å². The normalized spacial score (nSPS) is 11.0. The number of phenols is 3. The predicted molar refractivity (Wildman–Crippen MR) is 167 cm³/mol. The fourth-order valence-corrected chi connectivity index (χ4v) is 4.20. The molecule has 0 spiro atoms. The third-order valence-electron chi connectivity index (χ3n) is 6.37. The third kappa shape index (κ3) is 9.42. The second-order valence-corrected chi connectivity index (χ2v) is 9.48. The van der Waals surface area contributed by atoms with Crippen LogP contribution in [0.3, 0.4) is 0 Å². The van der Waals surface area contributed by atoms with Gasteiger partial charge in [0.2, 0.25) is 0 Å². The van der Waals surface area contributed by atoms with E-state index in [1.54, 1.807) is 36.4 Å². The van der Waals surface area contributed by atoms with Crippen LogP contribution in [0.4, 0.5) is 0 Å². The van der Waals surface area contributed by atoms with Gasteiger partial charge in [-0.15, -0.1) is 0 Å². The summed E-state index contributed by atoms with van der Waals surface area (Å²) in [5, 5.41) is 32.8. The Morgan fingerprint density at radius 1 is 0.444 bits per heavy atom. The lowest BCUT2D eigenvalue weighted by atomic mass is 10.1. The van der Waals surface area contributed by atoms with Crippen LogP contribution in [0.25, 0.3) is 34.2 Å². The minimum absolute atomic E-state index is 0.112. The lowest BCUT2D eigenvalue weighted by Crippen LogP contribution is -2.06. The maximum Gasteiger partial charge on any atom is 0.167 e. The first-order chi connectivity index (χ1) is 21.9. The summed E-state index contributed by atoms with van der Waals surface area (Å²) in [6.45, 7) is 9.64. The minimum Gasteiger partial charge on any atom is -0.507 e. The zero-order chi connectivity index (χ0) is 32.0. The van der Waals surface area contributed by atoms with Crippen LogP contribution < -0.4 is 14.2 Å². The Bertz CT molecular complexity index is 1340. The third-order valence-corrected chi connectivity index (χ3v) is 6.37. The molecule has 1 heterocycles. The number of benzene rings is 3. The van der Waals surface area contributed by atoms with E-state index in [-0.39, 0.29) is 34.7 Å². The van der Waals surface area contributed by atoms with Crippen LogP contribution in [0.1, 0.15) is 20.8 Å². The van der Waals surface area contributed by atoms with Crippen molar-refractivity contribution >= 4 is 0 Å². The first kappa shape index (κ1) is 33.2. The fourth-order valence-electron chi connectivity index (χ4n) is 4.20. The predicted octanol–water partition coefficient (Wildman–Crippen LogP) is 5.24. The molecule has 0 saturated carbocycles. The van der Waals surface area contributed by atoms with E-state index < -0.39 is 0 Å². The van der Waals surface area contributed by atoms with Gasteiger partial charge in [0, 0.05) is 38.0 Å². The molecule has 12 nitrogen and oxygen atoms in total. The van der Waals surface area contributed by atoms with Crippen molar-refractivity contribution in [2.45, 2.75) is 20.8 Å². The summed E-state index contributed by atoms with van der Waals surface area (Å²) in [5.41, 5.74) is 0.883. The van der Waals surface area contributed by atoms with Crippen molar-refractivity contribution < 1.29 is 43.7 Å². The summed E-state index contributed by atoms with van der Waals surface area (Å²) in [4.78, 5) is 13.7. The molecule has 1 aromatic heterocycles. The van der Waals surface area contributed by atoms with Gasteiger partial charge < -0.3 is 43.7 Å². The standard InChI is InChI=1S/C33H39N3O9/c1-4-40-13-16-43-22-7-10-25(28(37)19-22)31-34-32(26-11-8-23(20-29(26)38)44-17-14-41-5-2)36-33(35-31)27-12-9-24(21-30(27)39)45-18-15-42-6-3/h7-12,19-21,37-39H,4-6,13-18H2,1-3H3. The van der Waals surface area contributed by atoms with Crippen LogP contribution in [-0.4, -0.2) is 89.7 Å². The van der Waals surface area contributed by atoms with Gasteiger partial charge in [0.1, 0.15) is 54.3 Å². The highest BCUT2D eigenvalue weighted by molar-refractivity contribution is 5.74. The van der Waals surface area contributed by atoms with Crippen LogP contribution in [0.2, 0.25) is 0 Å². The number of hydrogen-bond acceptors (Lipinski definition) is 12. The molecule has 45 heavy (non-hydrogen) atoms. The van der Waals surface area contributed by atoms with Gasteiger partial charge in [-0.3, -0.25) is 0 Å². The number of hydrogen-bond donors (Lipinski definition) is 3. The van der Waals surface area contributed by atoms with Gasteiger partial charge in [-0.25, -0.2) is 15.0 Å². The lowest BCUT2D eigenvalue weighted by molar-refractivity contribution is 0.110. The summed E-state index contributed by atoms with van der Waals surface area (Å²) in [6.07, 6.45) is 0. The van der Waals surface area contributed by atoms with E-state index in [0.29, 0.717) is 93.4 Å². The van der Waals surface area contributed by atoms with E-state index in [2.05, 4.69) is 15.0 Å². The topological polar surface area (TPSA) is 155 Å². The number of phenolic OH excluding ortho intramolecular Hbond substituents is 3. The second kappa shape index (κ2) is 17.0. The molecule has 0 atom stereocenters. The van der Waals surface area contributed by atoms with Gasteiger partial charge in [-0.2, -0.15) is 0 Å². The average molecular weight is 622 g/mol. The van der Waals surface area contributed by atoms with Gasteiger partial charge in [0.05, 0.1) is 36.5 Å². The molecule has 4 rings (SSSR count).